The van der Waals surface area contributed by atoms with E-state index in [0.29, 0.717) is 0 Å². The Morgan fingerprint density at radius 1 is 1.47 bits per heavy atom. The van der Waals surface area contributed by atoms with Crippen molar-refractivity contribution in [3.8, 4) is 0 Å². The zero-order valence-electron chi connectivity index (χ0n) is 7.94. The van der Waals surface area contributed by atoms with E-state index in [1.165, 1.54) is 0 Å². The maximum absolute atomic E-state index is 11.0. The number of aliphatic hydroxyl groups is 1. The van der Waals surface area contributed by atoms with E-state index < -0.39 is 27.1 Å². The lowest BCUT2D eigenvalue weighted by molar-refractivity contribution is -0.137. The molecule has 0 aliphatic heterocycles. The molecule has 9 heteroatoms. The van der Waals surface area contributed by atoms with Gasteiger partial charge in [-0.25, -0.2) is 4.57 Å². The van der Waals surface area contributed by atoms with E-state index in [-0.39, 0.29) is 19.6 Å². The maximum atomic E-state index is 11.0. The minimum Gasteiger partial charge on any atom is -0.460 e. The Bertz CT molecular complexity index is 224. The Balaban J connectivity index is 3.88. The highest BCUT2D eigenvalue weighted by Crippen LogP contribution is 2.42. The zero-order chi connectivity index (χ0) is 11.7. The van der Waals surface area contributed by atoms with Gasteiger partial charge in [0.15, 0.2) is 0 Å². The summed E-state index contributed by atoms with van der Waals surface area (Å²) in [7, 11) is -4.19. The first-order valence-electron chi connectivity index (χ1n) is 4.07. The third-order valence-corrected chi connectivity index (χ3v) is 2.23. The number of nitrogens with two attached hydrogens (primary N) is 1. The maximum Gasteiger partial charge on any atom is 0.472 e. The van der Waals surface area contributed by atoms with E-state index in [0.717, 1.165) is 0 Å². The fraction of sp³-hybridized carbons (Fsp3) is 0.833. The fourth-order valence-electron chi connectivity index (χ4n) is 0.596. The van der Waals surface area contributed by atoms with Crippen LogP contribution in [0.15, 0.2) is 0 Å². The molecule has 90 valence electrons. The van der Waals surface area contributed by atoms with Crippen LogP contribution in [-0.2, 0) is 23.1 Å². The molecule has 0 aromatic carbocycles. The number of carbonyl (C=O) groups is 1. The van der Waals surface area contributed by atoms with Crippen molar-refractivity contribution in [3.63, 3.8) is 0 Å². The van der Waals surface area contributed by atoms with Gasteiger partial charge in [-0.05, 0) is 0 Å². The molecule has 0 spiro atoms. The van der Waals surface area contributed by atoms with Crippen LogP contribution in [0.3, 0.4) is 0 Å². The van der Waals surface area contributed by atoms with Gasteiger partial charge in [0.1, 0.15) is 6.10 Å². The molecule has 1 unspecified atom stereocenters. The molecule has 0 fully saturated rings. The predicted molar refractivity (Wildman–Crippen MR) is 48.8 cm³/mol. The van der Waals surface area contributed by atoms with Crippen LogP contribution in [-0.4, -0.2) is 48.9 Å². The van der Waals surface area contributed by atoms with Gasteiger partial charge in [-0.2, -0.15) is 0 Å². The summed E-state index contributed by atoms with van der Waals surface area (Å²) in [6.07, 6.45) is -0.996. The number of carbonyl (C=O) groups excluding carboxylic acids is 1. The molecule has 0 heterocycles. The summed E-state index contributed by atoms with van der Waals surface area (Å²) in [4.78, 5) is 18.9. The standard InChI is InChI=1S/C6H14NO7P/c7-1-2-13-15(10,11)14-4-6(3-8)12-5-9/h5-6,8H,1-4,7H2,(H,10,11)/t6-/m1/s1. The number of phosphoric ester groups is 1. The summed E-state index contributed by atoms with van der Waals surface area (Å²) in [5.74, 6) is 0. The van der Waals surface area contributed by atoms with Gasteiger partial charge in [0, 0.05) is 6.54 Å². The fourth-order valence-corrected chi connectivity index (χ4v) is 1.36. The summed E-state index contributed by atoms with van der Waals surface area (Å²) < 4.78 is 24.2. The van der Waals surface area contributed by atoms with Crippen LogP contribution >= 0.6 is 7.82 Å². The lowest BCUT2D eigenvalue weighted by Gasteiger charge is -2.15. The van der Waals surface area contributed by atoms with E-state index in [1.807, 2.05) is 0 Å². The lowest BCUT2D eigenvalue weighted by atomic mass is 10.4. The molecule has 0 saturated carbocycles. The highest BCUT2D eigenvalue weighted by atomic mass is 31.2. The molecule has 0 saturated heterocycles. The molecule has 0 aromatic rings. The van der Waals surface area contributed by atoms with Crippen LogP contribution in [0, 0.1) is 0 Å². The molecule has 0 bridgehead atoms. The SMILES string of the molecule is NCCOP(=O)(O)OC[C@@H](CO)OC=O. The Labute approximate surface area is 86.5 Å². The van der Waals surface area contributed by atoms with Crippen molar-refractivity contribution >= 4 is 14.3 Å². The number of rotatable bonds is 9. The topological polar surface area (TPSA) is 128 Å². The average Bonchev–Trinajstić information content (AvgIpc) is 2.21. The lowest BCUT2D eigenvalue weighted by Crippen LogP contribution is -2.23. The normalized spacial score (nSPS) is 16.7. The molecule has 0 aromatic heterocycles. The summed E-state index contributed by atoms with van der Waals surface area (Å²) in [5, 5.41) is 8.63. The number of hydrogen-bond donors (Lipinski definition) is 3. The quantitative estimate of drug-likeness (QED) is 0.333. The van der Waals surface area contributed by atoms with E-state index in [9.17, 15) is 9.36 Å². The summed E-state index contributed by atoms with van der Waals surface area (Å²) in [6, 6.07) is 0. The van der Waals surface area contributed by atoms with Crippen molar-refractivity contribution in [1.82, 2.24) is 0 Å². The Morgan fingerprint density at radius 3 is 2.60 bits per heavy atom. The first-order valence-corrected chi connectivity index (χ1v) is 5.57. The van der Waals surface area contributed by atoms with E-state index >= 15 is 0 Å². The summed E-state index contributed by atoms with van der Waals surface area (Å²) in [6.45, 7) is -0.912. The second-order valence-electron chi connectivity index (χ2n) is 2.42. The Hall–Kier alpha value is -0.500. The second-order valence-corrected chi connectivity index (χ2v) is 3.88. The van der Waals surface area contributed by atoms with Crippen molar-refractivity contribution in [2.75, 3.05) is 26.4 Å². The third-order valence-electron chi connectivity index (χ3n) is 1.25. The van der Waals surface area contributed by atoms with E-state index in [1.54, 1.807) is 0 Å². The van der Waals surface area contributed by atoms with Gasteiger partial charge in [0.25, 0.3) is 6.47 Å². The van der Waals surface area contributed by atoms with Crippen LogP contribution in [0.1, 0.15) is 0 Å². The van der Waals surface area contributed by atoms with Gasteiger partial charge in [-0.15, -0.1) is 0 Å². The first-order chi connectivity index (χ1) is 7.05. The highest BCUT2D eigenvalue weighted by Gasteiger charge is 2.23. The van der Waals surface area contributed by atoms with Crippen molar-refractivity contribution in [2.45, 2.75) is 6.10 Å². The number of phosphoric acid groups is 1. The molecule has 0 rings (SSSR count). The summed E-state index contributed by atoms with van der Waals surface area (Å²) >= 11 is 0. The van der Waals surface area contributed by atoms with Gasteiger partial charge in [-0.1, -0.05) is 0 Å². The van der Waals surface area contributed by atoms with Crippen LogP contribution < -0.4 is 5.73 Å². The molecule has 0 radical (unpaired) electrons. The van der Waals surface area contributed by atoms with Crippen LogP contribution in [0.4, 0.5) is 0 Å². The molecule has 0 amide bonds. The van der Waals surface area contributed by atoms with Crippen LogP contribution in [0.25, 0.3) is 0 Å². The smallest absolute Gasteiger partial charge is 0.460 e. The molecule has 15 heavy (non-hydrogen) atoms. The van der Waals surface area contributed by atoms with Crippen molar-refractivity contribution in [2.24, 2.45) is 5.73 Å². The molecular formula is C6H14NO7P. The number of ether oxygens (including phenoxy) is 1. The predicted octanol–water partition coefficient (Wildman–Crippen LogP) is -1.39. The minimum absolute atomic E-state index is 0.0716. The molecule has 0 aliphatic carbocycles. The van der Waals surface area contributed by atoms with Crippen LogP contribution in [0.5, 0.6) is 0 Å². The Morgan fingerprint density at radius 2 is 2.13 bits per heavy atom. The monoisotopic (exact) mass is 243 g/mol. The highest BCUT2D eigenvalue weighted by molar-refractivity contribution is 7.47. The first kappa shape index (κ1) is 14.5. The third kappa shape index (κ3) is 7.43. The molecule has 4 N–H and O–H groups in total. The number of hydrogen-bond acceptors (Lipinski definition) is 7. The van der Waals surface area contributed by atoms with E-state index in [4.69, 9.17) is 15.7 Å². The van der Waals surface area contributed by atoms with Crippen LogP contribution in [0.2, 0.25) is 0 Å². The largest absolute Gasteiger partial charge is 0.472 e. The van der Waals surface area contributed by atoms with Gasteiger partial charge in [0.2, 0.25) is 0 Å². The van der Waals surface area contributed by atoms with Gasteiger partial charge in [-0.3, -0.25) is 13.8 Å². The molecule has 8 nitrogen and oxygen atoms in total. The Kier molecular flexibility index (Phi) is 7.49. The second kappa shape index (κ2) is 7.75. The minimum atomic E-state index is -4.19. The molecular weight excluding hydrogens is 229 g/mol. The van der Waals surface area contributed by atoms with E-state index in [2.05, 4.69) is 13.8 Å². The van der Waals surface area contributed by atoms with Crippen molar-refractivity contribution in [3.05, 3.63) is 0 Å². The van der Waals surface area contributed by atoms with Gasteiger partial charge in [0.05, 0.1) is 19.8 Å². The van der Waals surface area contributed by atoms with Crippen molar-refractivity contribution < 1.29 is 33.1 Å². The number of aliphatic hydroxyl groups excluding tert-OH is 1. The molecule has 0 aliphatic rings. The summed E-state index contributed by atoms with van der Waals surface area (Å²) in [5.41, 5.74) is 5.04. The zero-order valence-corrected chi connectivity index (χ0v) is 8.84. The average molecular weight is 243 g/mol. The molecule has 2 atom stereocenters. The van der Waals surface area contributed by atoms with Crippen molar-refractivity contribution in [1.29, 1.82) is 0 Å². The van der Waals surface area contributed by atoms with Gasteiger partial charge >= 0.3 is 7.82 Å². The van der Waals surface area contributed by atoms with Gasteiger partial charge < -0.3 is 20.5 Å².